The number of benzene rings is 1. The number of methoxy groups -OCH3 is 1. The molecule has 1 aromatic carbocycles. The lowest BCUT2D eigenvalue weighted by Crippen LogP contribution is -2.58. The highest BCUT2D eigenvalue weighted by Gasteiger charge is 2.46. The molecule has 2 heterocycles. The lowest BCUT2D eigenvalue weighted by atomic mass is 9.95. The number of nitrogens with zero attached hydrogens (tertiary/aromatic N) is 5. The Morgan fingerprint density at radius 3 is 2.27 bits per heavy atom. The number of ether oxygens (including phenoxy) is 1. The second kappa shape index (κ2) is 12.7. The number of aliphatic hydroxyl groups excluding tert-OH is 1. The van der Waals surface area contributed by atoms with Crippen molar-refractivity contribution < 1.29 is 28.6 Å². The summed E-state index contributed by atoms with van der Waals surface area (Å²) in [6.07, 6.45) is -1.60. The Hall–Kier alpha value is -3.55. The van der Waals surface area contributed by atoms with Crippen LogP contribution < -0.4 is 16.4 Å². The van der Waals surface area contributed by atoms with Gasteiger partial charge in [-0.05, 0) is 55.5 Å². The molecule has 13 heteroatoms. The molecule has 0 aliphatic carbocycles. The zero-order valence-corrected chi connectivity index (χ0v) is 24.1. The lowest BCUT2D eigenvalue weighted by Gasteiger charge is -2.38. The first kappa shape index (κ1) is 31.0. The second-order valence-electron chi connectivity index (χ2n) is 10.9. The van der Waals surface area contributed by atoms with Gasteiger partial charge < -0.3 is 24.9 Å². The summed E-state index contributed by atoms with van der Waals surface area (Å²) < 4.78 is 11.2. The van der Waals surface area contributed by atoms with Gasteiger partial charge in [0.25, 0.3) is 11.8 Å². The minimum absolute atomic E-state index is 0.207. The van der Waals surface area contributed by atoms with E-state index in [9.17, 15) is 24.3 Å². The van der Waals surface area contributed by atoms with Crippen LogP contribution in [0.2, 0.25) is 0 Å². The number of nitrogens with two attached hydrogens (primary N) is 1. The summed E-state index contributed by atoms with van der Waals surface area (Å²) in [7, 11) is 4.87. The summed E-state index contributed by atoms with van der Waals surface area (Å²) in [5, 5.41) is 15.7. The fourth-order valence-electron chi connectivity index (χ4n) is 4.92. The van der Waals surface area contributed by atoms with Crippen molar-refractivity contribution in [1.82, 2.24) is 19.6 Å². The Morgan fingerprint density at radius 2 is 1.75 bits per heavy atom. The predicted octanol–water partition coefficient (Wildman–Crippen LogP) is 1.52. The number of rotatable bonds is 9. The molecular formula is C27H40N6O7. The Bertz CT molecular complexity index is 1250. The molecule has 0 radical (unpaired) electrons. The van der Waals surface area contributed by atoms with Gasteiger partial charge in [-0.1, -0.05) is 27.7 Å². The van der Waals surface area contributed by atoms with Crippen LogP contribution in [0.3, 0.4) is 0 Å². The average Bonchev–Trinajstić information content (AvgIpc) is 3.54. The van der Waals surface area contributed by atoms with Gasteiger partial charge in [0.1, 0.15) is 6.10 Å². The zero-order chi connectivity index (χ0) is 29.9. The topological polar surface area (TPSA) is 164 Å². The van der Waals surface area contributed by atoms with Gasteiger partial charge in [0, 0.05) is 25.8 Å². The van der Waals surface area contributed by atoms with Gasteiger partial charge in [-0.25, -0.2) is 9.59 Å². The van der Waals surface area contributed by atoms with Crippen LogP contribution in [0, 0.1) is 11.8 Å². The van der Waals surface area contributed by atoms with Crippen LogP contribution >= 0.6 is 0 Å². The molecule has 1 unspecified atom stereocenters. The minimum atomic E-state index is -1.39. The molecule has 1 aromatic heterocycles. The number of amides is 3. The van der Waals surface area contributed by atoms with E-state index >= 15 is 0 Å². The first-order chi connectivity index (χ1) is 18.8. The number of likely N-dealkylation sites (tertiary alicyclic amines) is 1. The number of aliphatic hydroxyl groups is 1. The monoisotopic (exact) mass is 560 g/mol. The Morgan fingerprint density at radius 1 is 1.12 bits per heavy atom. The van der Waals surface area contributed by atoms with E-state index in [1.165, 1.54) is 0 Å². The Kier molecular flexibility index (Phi) is 9.87. The maximum absolute atomic E-state index is 13.7. The van der Waals surface area contributed by atoms with E-state index in [0.717, 1.165) is 17.5 Å². The van der Waals surface area contributed by atoms with Crippen LogP contribution in [0.15, 0.2) is 33.5 Å². The van der Waals surface area contributed by atoms with E-state index in [4.69, 9.17) is 14.9 Å². The van der Waals surface area contributed by atoms with E-state index < -0.39 is 47.9 Å². The molecule has 1 aliphatic rings. The summed E-state index contributed by atoms with van der Waals surface area (Å²) in [5.41, 5.74) is 7.37. The third kappa shape index (κ3) is 6.26. The van der Waals surface area contributed by atoms with Crippen LogP contribution in [0.4, 0.5) is 10.5 Å². The number of imide groups is 3. The summed E-state index contributed by atoms with van der Waals surface area (Å²) in [5.74, 6) is -3.18. The van der Waals surface area contributed by atoms with Crippen molar-refractivity contribution in [1.29, 1.82) is 0 Å². The summed E-state index contributed by atoms with van der Waals surface area (Å²) in [4.78, 5) is 56.0. The minimum Gasteiger partial charge on any atom is -0.452 e. The fraction of sp³-hybridized carbons (Fsp3) is 0.593. The average molecular weight is 561 g/mol. The fourth-order valence-corrected chi connectivity index (χ4v) is 4.92. The summed E-state index contributed by atoms with van der Waals surface area (Å²) in [6.45, 7) is 7.51. The van der Waals surface area contributed by atoms with Gasteiger partial charge in [-0.3, -0.25) is 14.5 Å². The normalized spacial score (nSPS) is 18.0. The van der Waals surface area contributed by atoms with Crippen molar-refractivity contribution in [2.24, 2.45) is 17.6 Å². The van der Waals surface area contributed by atoms with Crippen molar-refractivity contribution in [2.75, 3.05) is 32.6 Å². The molecule has 1 aliphatic heterocycles. The largest absolute Gasteiger partial charge is 0.452 e. The van der Waals surface area contributed by atoms with Gasteiger partial charge in [-0.2, -0.15) is 9.58 Å². The number of anilines is 1. The SMILES string of the molecule is COC(=O)N(C(=O)[C@@H](N)C(C)C)C(=O)[C@@H]1CCCN1[C@@H](C(C)C)C(O)c1nn(-c2ccc(N(C)C)cc2)c(=O)o1. The van der Waals surface area contributed by atoms with Crippen molar-refractivity contribution in [3.8, 4) is 5.69 Å². The van der Waals surface area contributed by atoms with Crippen molar-refractivity contribution in [3.05, 3.63) is 40.7 Å². The smallest absolute Gasteiger partial charge is 0.442 e. The Labute approximate surface area is 233 Å². The predicted molar refractivity (Wildman–Crippen MR) is 147 cm³/mol. The molecule has 3 N–H and O–H groups in total. The highest BCUT2D eigenvalue weighted by atomic mass is 16.5. The highest BCUT2D eigenvalue weighted by molar-refractivity contribution is 6.11. The molecule has 40 heavy (non-hydrogen) atoms. The third-order valence-corrected chi connectivity index (χ3v) is 7.20. The van der Waals surface area contributed by atoms with Crippen LogP contribution in [-0.2, 0) is 14.3 Å². The van der Waals surface area contributed by atoms with Crippen LogP contribution in [0.5, 0.6) is 0 Å². The molecule has 1 saturated heterocycles. The maximum Gasteiger partial charge on any atom is 0.442 e. The van der Waals surface area contributed by atoms with Crippen molar-refractivity contribution in [2.45, 2.75) is 64.8 Å². The van der Waals surface area contributed by atoms with Gasteiger partial charge in [-0.15, -0.1) is 5.10 Å². The number of hydrogen-bond acceptors (Lipinski definition) is 11. The molecule has 220 valence electrons. The number of carbonyl (C=O) groups is 3. The van der Waals surface area contributed by atoms with E-state index in [1.807, 2.05) is 45.0 Å². The van der Waals surface area contributed by atoms with Crippen molar-refractivity contribution >= 4 is 23.6 Å². The quantitative estimate of drug-likeness (QED) is 0.457. The van der Waals surface area contributed by atoms with Crippen LogP contribution in [0.1, 0.15) is 52.5 Å². The van der Waals surface area contributed by atoms with E-state index in [2.05, 4.69) is 5.10 Å². The van der Waals surface area contributed by atoms with Gasteiger partial charge in [0.2, 0.25) is 5.89 Å². The lowest BCUT2D eigenvalue weighted by molar-refractivity contribution is -0.147. The standard InChI is InChI=1S/C27H40N6O7/c1-15(2)20(28)25(36)32(26(37)39-7)24(35)19-9-8-14-31(19)21(16(3)4)22(34)23-29-33(27(38)40-23)18-12-10-17(11-13-18)30(5)6/h10-13,15-16,19-22,34H,8-9,14,28H2,1-7H3/t19-,20-,21-,22?/m0/s1. The van der Waals surface area contributed by atoms with E-state index in [-0.39, 0.29) is 17.7 Å². The molecule has 4 atom stereocenters. The zero-order valence-electron chi connectivity index (χ0n) is 24.1. The molecule has 2 aromatic rings. The molecular weight excluding hydrogens is 520 g/mol. The molecule has 0 spiro atoms. The number of hydrogen-bond donors (Lipinski definition) is 2. The first-order valence-electron chi connectivity index (χ1n) is 13.3. The molecule has 0 saturated carbocycles. The molecule has 0 bridgehead atoms. The van der Waals surface area contributed by atoms with Gasteiger partial charge in [0.15, 0.2) is 0 Å². The molecule has 1 fully saturated rings. The summed E-state index contributed by atoms with van der Waals surface area (Å²) >= 11 is 0. The second-order valence-corrected chi connectivity index (χ2v) is 10.9. The maximum atomic E-state index is 13.7. The van der Waals surface area contributed by atoms with Gasteiger partial charge in [0.05, 0.1) is 24.9 Å². The molecule has 13 nitrogen and oxygen atoms in total. The molecule has 3 amide bonds. The Balaban J connectivity index is 1.93. The first-order valence-corrected chi connectivity index (χ1v) is 13.3. The number of carbonyl (C=O) groups excluding carboxylic acids is 3. The van der Waals surface area contributed by atoms with E-state index in [0.29, 0.717) is 30.0 Å². The van der Waals surface area contributed by atoms with Crippen LogP contribution in [0.25, 0.3) is 5.69 Å². The highest BCUT2D eigenvalue weighted by Crippen LogP contribution is 2.33. The van der Waals surface area contributed by atoms with E-state index in [1.54, 1.807) is 30.9 Å². The van der Waals surface area contributed by atoms with Crippen LogP contribution in [-0.4, -0.2) is 88.5 Å². The summed E-state index contributed by atoms with van der Waals surface area (Å²) in [6, 6.07) is 4.33. The number of aromatic nitrogens is 2. The third-order valence-electron chi connectivity index (χ3n) is 7.20. The van der Waals surface area contributed by atoms with Gasteiger partial charge >= 0.3 is 11.8 Å². The molecule has 3 rings (SSSR count). The van der Waals surface area contributed by atoms with Crippen molar-refractivity contribution in [3.63, 3.8) is 0 Å².